The molecular formula is C17H19N3O. The number of imidazole rings is 1. The summed E-state index contributed by atoms with van der Waals surface area (Å²) in [6.07, 6.45) is 1.61. The van der Waals surface area contributed by atoms with Crippen molar-refractivity contribution in [3.8, 4) is 0 Å². The first-order valence-corrected chi connectivity index (χ1v) is 7.08. The van der Waals surface area contributed by atoms with Gasteiger partial charge in [0.25, 0.3) is 0 Å². The fourth-order valence-electron chi connectivity index (χ4n) is 2.72. The van der Waals surface area contributed by atoms with E-state index >= 15 is 0 Å². The Labute approximate surface area is 124 Å². The third-order valence-electron chi connectivity index (χ3n) is 3.83. The molecule has 0 aliphatic heterocycles. The zero-order chi connectivity index (χ0) is 15.0. The van der Waals surface area contributed by atoms with Crippen LogP contribution < -0.4 is 0 Å². The highest BCUT2D eigenvalue weighted by Crippen LogP contribution is 2.22. The quantitative estimate of drug-likeness (QED) is 0.803. The van der Waals surface area contributed by atoms with E-state index in [1.54, 1.807) is 6.20 Å². The molecule has 0 bridgehead atoms. The Morgan fingerprint density at radius 3 is 2.71 bits per heavy atom. The van der Waals surface area contributed by atoms with Crippen molar-refractivity contribution in [2.24, 2.45) is 7.05 Å². The van der Waals surface area contributed by atoms with Crippen LogP contribution in [0.5, 0.6) is 0 Å². The predicted octanol–water partition coefficient (Wildman–Crippen LogP) is 2.86. The molecule has 2 heterocycles. The summed E-state index contributed by atoms with van der Waals surface area (Å²) in [6.45, 7) is 3.98. The van der Waals surface area contributed by atoms with Crippen molar-refractivity contribution >= 4 is 11.0 Å². The highest BCUT2D eigenvalue weighted by molar-refractivity contribution is 5.75. The van der Waals surface area contributed by atoms with Crippen LogP contribution in [0.4, 0.5) is 0 Å². The van der Waals surface area contributed by atoms with Crippen LogP contribution in [-0.4, -0.2) is 19.6 Å². The van der Waals surface area contributed by atoms with Gasteiger partial charge in [0.05, 0.1) is 16.7 Å². The number of nitrogens with zero attached hydrogens (tertiary/aromatic N) is 3. The number of rotatable bonds is 3. The molecule has 108 valence electrons. The van der Waals surface area contributed by atoms with Gasteiger partial charge in [-0.1, -0.05) is 18.2 Å². The molecule has 1 N–H and O–H groups in total. The van der Waals surface area contributed by atoms with E-state index in [0.717, 1.165) is 33.7 Å². The van der Waals surface area contributed by atoms with Crippen LogP contribution in [0, 0.1) is 13.8 Å². The minimum Gasteiger partial charge on any atom is -0.386 e. The van der Waals surface area contributed by atoms with E-state index in [4.69, 9.17) is 0 Å². The molecule has 0 aliphatic rings. The van der Waals surface area contributed by atoms with Gasteiger partial charge in [0, 0.05) is 19.7 Å². The summed E-state index contributed by atoms with van der Waals surface area (Å²) >= 11 is 0. The summed E-state index contributed by atoms with van der Waals surface area (Å²) in [7, 11) is 1.98. The summed E-state index contributed by atoms with van der Waals surface area (Å²) in [5, 5.41) is 10.5. The van der Waals surface area contributed by atoms with Crippen LogP contribution in [-0.2, 0) is 13.5 Å². The second-order valence-corrected chi connectivity index (χ2v) is 5.51. The lowest BCUT2D eigenvalue weighted by molar-refractivity contribution is 0.169. The molecule has 4 heteroatoms. The first-order valence-electron chi connectivity index (χ1n) is 7.08. The molecule has 0 aliphatic carbocycles. The number of pyridine rings is 1. The molecule has 3 rings (SSSR count). The van der Waals surface area contributed by atoms with Gasteiger partial charge >= 0.3 is 0 Å². The van der Waals surface area contributed by atoms with Gasteiger partial charge in [-0.3, -0.25) is 4.98 Å². The maximum atomic E-state index is 10.5. The minimum absolute atomic E-state index is 0.460. The molecule has 1 atom stereocenters. The van der Waals surface area contributed by atoms with Gasteiger partial charge < -0.3 is 9.67 Å². The summed E-state index contributed by atoms with van der Waals surface area (Å²) in [5.41, 5.74) is 4.88. The number of aromatic nitrogens is 3. The van der Waals surface area contributed by atoms with E-state index in [2.05, 4.69) is 9.97 Å². The van der Waals surface area contributed by atoms with Gasteiger partial charge in [0.2, 0.25) is 0 Å². The van der Waals surface area contributed by atoms with E-state index in [1.807, 2.05) is 55.8 Å². The van der Waals surface area contributed by atoms with Crippen LogP contribution in [0.2, 0.25) is 0 Å². The minimum atomic E-state index is -0.638. The number of para-hydroxylation sites is 2. The van der Waals surface area contributed by atoms with Crippen molar-refractivity contribution in [3.63, 3.8) is 0 Å². The Hall–Kier alpha value is -2.20. The number of fused-ring (bicyclic) bond motifs is 1. The average Bonchev–Trinajstić information content (AvgIpc) is 2.76. The van der Waals surface area contributed by atoms with E-state index < -0.39 is 6.10 Å². The van der Waals surface area contributed by atoms with Crippen molar-refractivity contribution in [3.05, 3.63) is 59.2 Å². The third-order valence-corrected chi connectivity index (χ3v) is 3.83. The Kier molecular flexibility index (Phi) is 3.47. The molecule has 0 spiro atoms. The number of benzene rings is 1. The van der Waals surface area contributed by atoms with E-state index in [1.165, 1.54) is 0 Å². The number of hydrogen-bond donors (Lipinski definition) is 1. The molecule has 1 aromatic carbocycles. The Balaban J connectivity index is 1.92. The predicted molar refractivity (Wildman–Crippen MR) is 83.1 cm³/mol. The molecule has 3 aromatic rings. The molecule has 1 unspecified atom stereocenters. The largest absolute Gasteiger partial charge is 0.386 e. The van der Waals surface area contributed by atoms with Crippen molar-refractivity contribution in [2.75, 3.05) is 0 Å². The Morgan fingerprint density at radius 1 is 1.24 bits per heavy atom. The third kappa shape index (κ3) is 2.54. The molecule has 0 fully saturated rings. The highest BCUT2D eigenvalue weighted by atomic mass is 16.3. The summed E-state index contributed by atoms with van der Waals surface area (Å²) < 4.78 is 2.03. The van der Waals surface area contributed by atoms with Gasteiger partial charge in [0.1, 0.15) is 11.9 Å². The lowest BCUT2D eigenvalue weighted by atomic mass is 10.1. The second kappa shape index (κ2) is 5.30. The zero-order valence-electron chi connectivity index (χ0n) is 12.5. The van der Waals surface area contributed by atoms with Gasteiger partial charge in [-0.15, -0.1) is 0 Å². The normalized spacial score (nSPS) is 12.8. The van der Waals surface area contributed by atoms with Crippen molar-refractivity contribution in [1.82, 2.24) is 14.5 Å². The first-order chi connectivity index (χ1) is 10.1. The molecule has 4 nitrogen and oxygen atoms in total. The maximum absolute atomic E-state index is 10.5. The SMILES string of the molecule is Cc1cnc(C(O)Cc2nc3ccccc3n2C)c(C)c1. The van der Waals surface area contributed by atoms with Crippen LogP contribution in [0.1, 0.15) is 28.7 Å². The molecule has 0 saturated carbocycles. The molecule has 0 saturated heterocycles. The fourth-order valence-corrected chi connectivity index (χ4v) is 2.72. The van der Waals surface area contributed by atoms with Crippen molar-refractivity contribution < 1.29 is 5.11 Å². The van der Waals surface area contributed by atoms with Crippen molar-refractivity contribution in [2.45, 2.75) is 26.4 Å². The zero-order valence-corrected chi connectivity index (χ0v) is 12.5. The number of aliphatic hydroxyl groups is 1. The second-order valence-electron chi connectivity index (χ2n) is 5.51. The Bertz CT molecular complexity index is 792. The highest BCUT2D eigenvalue weighted by Gasteiger charge is 2.17. The van der Waals surface area contributed by atoms with E-state index in [0.29, 0.717) is 6.42 Å². The lowest BCUT2D eigenvalue weighted by Crippen LogP contribution is -2.10. The standard InChI is InChI=1S/C17H19N3O/c1-11-8-12(2)17(18-10-11)15(21)9-16-19-13-6-4-5-7-14(13)20(16)3/h4-8,10,15,21H,9H2,1-3H3. The number of aliphatic hydroxyl groups excluding tert-OH is 1. The molecular weight excluding hydrogens is 262 g/mol. The molecule has 0 radical (unpaired) electrons. The van der Waals surface area contributed by atoms with Gasteiger partial charge in [-0.05, 0) is 37.1 Å². The Morgan fingerprint density at radius 2 is 2.00 bits per heavy atom. The van der Waals surface area contributed by atoms with Gasteiger partial charge in [0.15, 0.2) is 0 Å². The monoisotopic (exact) mass is 281 g/mol. The fraction of sp³-hybridized carbons (Fsp3) is 0.294. The average molecular weight is 281 g/mol. The van der Waals surface area contributed by atoms with E-state index in [-0.39, 0.29) is 0 Å². The number of aryl methyl sites for hydroxylation is 3. The lowest BCUT2D eigenvalue weighted by Gasteiger charge is -2.13. The molecule has 0 amide bonds. The molecule has 21 heavy (non-hydrogen) atoms. The smallest absolute Gasteiger partial charge is 0.112 e. The topological polar surface area (TPSA) is 50.9 Å². The van der Waals surface area contributed by atoms with Crippen LogP contribution >= 0.6 is 0 Å². The summed E-state index contributed by atoms with van der Waals surface area (Å²) in [5.74, 6) is 0.866. The van der Waals surface area contributed by atoms with Gasteiger partial charge in [-0.25, -0.2) is 4.98 Å². The summed E-state index contributed by atoms with van der Waals surface area (Å²) in [6, 6.07) is 10.0. The maximum Gasteiger partial charge on any atom is 0.112 e. The van der Waals surface area contributed by atoms with Crippen LogP contribution in [0.15, 0.2) is 36.5 Å². The first kappa shape index (κ1) is 13.8. The summed E-state index contributed by atoms with van der Waals surface area (Å²) in [4.78, 5) is 8.97. The van der Waals surface area contributed by atoms with Crippen LogP contribution in [0.3, 0.4) is 0 Å². The number of hydrogen-bond acceptors (Lipinski definition) is 3. The van der Waals surface area contributed by atoms with Gasteiger partial charge in [-0.2, -0.15) is 0 Å². The van der Waals surface area contributed by atoms with Crippen molar-refractivity contribution in [1.29, 1.82) is 0 Å². The molecule has 2 aromatic heterocycles. The van der Waals surface area contributed by atoms with E-state index in [9.17, 15) is 5.11 Å². The van der Waals surface area contributed by atoms with Crippen LogP contribution in [0.25, 0.3) is 11.0 Å².